The monoisotopic (exact) mass is 377 g/mol. The Bertz CT molecular complexity index is 822. The van der Waals surface area contributed by atoms with Crippen molar-refractivity contribution < 1.29 is 14.4 Å². The van der Waals surface area contributed by atoms with Gasteiger partial charge < -0.3 is 0 Å². The normalized spacial score (nSPS) is 17.0. The standard InChI is InChI=1S/C17H13Cl2N3O3/c18-11-3-1-10(2-4-11)16(24)21-20-14-9-15(23)22(17(14)25)13-7-5-12(19)6-8-13/h1-8,14,20H,9H2,(H,21,24)/t14-/m0/s1. The maximum Gasteiger partial charge on any atom is 0.265 e. The first-order chi connectivity index (χ1) is 12.0. The average molecular weight is 378 g/mol. The minimum Gasteiger partial charge on any atom is -0.287 e. The van der Waals surface area contributed by atoms with Crippen molar-refractivity contribution in [2.75, 3.05) is 4.90 Å². The fourth-order valence-corrected chi connectivity index (χ4v) is 2.68. The summed E-state index contributed by atoms with van der Waals surface area (Å²) in [5.41, 5.74) is 5.87. The van der Waals surface area contributed by atoms with Gasteiger partial charge in [-0.1, -0.05) is 23.2 Å². The number of amides is 3. The van der Waals surface area contributed by atoms with Gasteiger partial charge in [-0.15, -0.1) is 0 Å². The summed E-state index contributed by atoms with van der Waals surface area (Å²) < 4.78 is 0. The van der Waals surface area contributed by atoms with Gasteiger partial charge in [0.05, 0.1) is 12.1 Å². The number of rotatable bonds is 4. The fourth-order valence-electron chi connectivity index (χ4n) is 2.43. The summed E-state index contributed by atoms with van der Waals surface area (Å²) in [6, 6.07) is 11.8. The quantitative estimate of drug-likeness (QED) is 0.633. The number of carbonyl (C=O) groups is 3. The zero-order valence-corrected chi connectivity index (χ0v) is 14.3. The SMILES string of the molecule is O=C(NN[C@H]1CC(=O)N(c2ccc(Cl)cc2)C1=O)c1ccc(Cl)cc1. The van der Waals surface area contributed by atoms with E-state index in [9.17, 15) is 14.4 Å². The molecule has 1 heterocycles. The second-order valence-electron chi connectivity index (χ2n) is 5.41. The minimum absolute atomic E-state index is 0.0532. The van der Waals surface area contributed by atoms with Crippen molar-refractivity contribution in [2.24, 2.45) is 0 Å². The topological polar surface area (TPSA) is 78.5 Å². The second kappa shape index (κ2) is 7.23. The molecule has 0 bridgehead atoms. The van der Waals surface area contributed by atoms with Gasteiger partial charge in [0.15, 0.2) is 0 Å². The number of imide groups is 1. The molecule has 1 aliphatic heterocycles. The van der Waals surface area contributed by atoms with E-state index in [0.29, 0.717) is 21.3 Å². The number of halogens is 2. The minimum atomic E-state index is -0.834. The number of nitrogens with one attached hydrogen (secondary N) is 2. The third kappa shape index (κ3) is 3.82. The summed E-state index contributed by atoms with van der Waals surface area (Å²) in [6.07, 6.45) is -0.0532. The van der Waals surface area contributed by atoms with E-state index < -0.39 is 17.9 Å². The predicted octanol–water partition coefficient (Wildman–Crippen LogP) is 2.56. The first-order valence-corrected chi connectivity index (χ1v) is 8.15. The molecule has 0 aromatic heterocycles. The largest absolute Gasteiger partial charge is 0.287 e. The molecule has 2 N–H and O–H groups in total. The molecule has 0 saturated carbocycles. The molecule has 3 amide bonds. The summed E-state index contributed by atoms with van der Waals surface area (Å²) in [7, 11) is 0. The molecule has 1 fully saturated rings. The Kier molecular flexibility index (Phi) is 5.03. The van der Waals surface area contributed by atoms with Crippen LogP contribution in [0.5, 0.6) is 0 Å². The Morgan fingerprint density at radius 1 is 0.960 bits per heavy atom. The van der Waals surface area contributed by atoms with Crippen LogP contribution >= 0.6 is 23.2 Å². The van der Waals surface area contributed by atoms with Crippen LogP contribution in [0.3, 0.4) is 0 Å². The van der Waals surface area contributed by atoms with E-state index in [1.807, 2.05) is 0 Å². The van der Waals surface area contributed by atoms with Crippen molar-refractivity contribution in [3.8, 4) is 0 Å². The molecule has 0 radical (unpaired) electrons. The average Bonchev–Trinajstić information content (AvgIpc) is 2.88. The molecule has 2 aromatic carbocycles. The number of benzene rings is 2. The van der Waals surface area contributed by atoms with Gasteiger partial charge in [0, 0.05) is 15.6 Å². The molecule has 1 aliphatic rings. The lowest BCUT2D eigenvalue weighted by Crippen LogP contribution is -2.48. The van der Waals surface area contributed by atoms with Gasteiger partial charge >= 0.3 is 0 Å². The van der Waals surface area contributed by atoms with Gasteiger partial charge in [0.1, 0.15) is 6.04 Å². The third-order valence-corrected chi connectivity index (χ3v) is 4.20. The van der Waals surface area contributed by atoms with Crippen LogP contribution in [0, 0.1) is 0 Å². The van der Waals surface area contributed by atoms with E-state index in [0.717, 1.165) is 4.90 Å². The number of hydrogen-bond donors (Lipinski definition) is 2. The Balaban J connectivity index is 1.65. The van der Waals surface area contributed by atoms with Crippen molar-refractivity contribution >= 4 is 46.6 Å². The Hall–Kier alpha value is -2.41. The van der Waals surface area contributed by atoms with Crippen LogP contribution in [0.25, 0.3) is 0 Å². The number of hydrogen-bond acceptors (Lipinski definition) is 4. The van der Waals surface area contributed by atoms with E-state index in [-0.39, 0.29) is 12.3 Å². The molecule has 25 heavy (non-hydrogen) atoms. The van der Waals surface area contributed by atoms with E-state index in [2.05, 4.69) is 10.9 Å². The van der Waals surface area contributed by atoms with Crippen LogP contribution in [-0.2, 0) is 9.59 Å². The molecule has 0 unspecified atom stereocenters. The van der Waals surface area contributed by atoms with Crippen molar-refractivity contribution in [3.63, 3.8) is 0 Å². The summed E-state index contributed by atoms with van der Waals surface area (Å²) in [5, 5.41) is 1.02. The number of nitrogens with zero attached hydrogens (tertiary/aromatic N) is 1. The van der Waals surface area contributed by atoms with Crippen molar-refractivity contribution in [2.45, 2.75) is 12.5 Å². The van der Waals surface area contributed by atoms with Gasteiger partial charge in [0.2, 0.25) is 5.91 Å². The molecule has 3 rings (SSSR count). The van der Waals surface area contributed by atoms with Crippen molar-refractivity contribution in [1.82, 2.24) is 10.9 Å². The molecule has 1 saturated heterocycles. The molecule has 2 aromatic rings. The molecule has 1 atom stereocenters. The van der Waals surface area contributed by atoms with E-state index >= 15 is 0 Å². The maximum absolute atomic E-state index is 12.4. The van der Waals surface area contributed by atoms with Crippen molar-refractivity contribution in [1.29, 1.82) is 0 Å². The maximum atomic E-state index is 12.4. The van der Waals surface area contributed by atoms with Gasteiger partial charge in [-0.3, -0.25) is 19.8 Å². The Labute approximate surface area is 153 Å². The highest BCUT2D eigenvalue weighted by Crippen LogP contribution is 2.24. The highest BCUT2D eigenvalue weighted by Gasteiger charge is 2.39. The zero-order chi connectivity index (χ0) is 18.0. The molecule has 128 valence electrons. The van der Waals surface area contributed by atoms with Crippen LogP contribution in [-0.4, -0.2) is 23.8 Å². The van der Waals surface area contributed by atoms with Crippen LogP contribution in [0.15, 0.2) is 48.5 Å². The van der Waals surface area contributed by atoms with Gasteiger partial charge in [-0.05, 0) is 48.5 Å². The lowest BCUT2D eigenvalue weighted by molar-refractivity contribution is -0.121. The lowest BCUT2D eigenvalue weighted by Gasteiger charge is -2.16. The smallest absolute Gasteiger partial charge is 0.265 e. The highest BCUT2D eigenvalue weighted by molar-refractivity contribution is 6.31. The highest BCUT2D eigenvalue weighted by atomic mass is 35.5. The van der Waals surface area contributed by atoms with Crippen LogP contribution in [0.1, 0.15) is 16.8 Å². The first-order valence-electron chi connectivity index (χ1n) is 7.39. The van der Waals surface area contributed by atoms with Crippen LogP contribution in [0.2, 0.25) is 10.0 Å². The second-order valence-corrected chi connectivity index (χ2v) is 6.28. The Morgan fingerprint density at radius 2 is 1.52 bits per heavy atom. The molecular formula is C17H13Cl2N3O3. The molecule has 0 aliphatic carbocycles. The molecule has 8 heteroatoms. The van der Waals surface area contributed by atoms with Crippen LogP contribution in [0.4, 0.5) is 5.69 Å². The van der Waals surface area contributed by atoms with Crippen molar-refractivity contribution in [3.05, 3.63) is 64.1 Å². The summed E-state index contributed by atoms with van der Waals surface area (Å²) in [6.45, 7) is 0. The van der Waals surface area contributed by atoms with Gasteiger partial charge in [0.25, 0.3) is 11.8 Å². The fraction of sp³-hybridized carbons (Fsp3) is 0.118. The number of carbonyl (C=O) groups excluding carboxylic acids is 3. The Morgan fingerprint density at radius 3 is 2.12 bits per heavy atom. The summed E-state index contributed by atoms with van der Waals surface area (Å²) >= 11 is 11.6. The van der Waals surface area contributed by atoms with Gasteiger partial charge in [-0.25, -0.2) is 10.3 Å². The van der Waals surface area contributed by atoms with E-state index in [4.69, 9.17) is 23.2 Å². The first kappa shape index (κ1) is 17.4. The molecular weight excluding hydrogens is 365 g/mol. The van der Waals surface area contributed by atoms with E-state index in [1.54, 1.807) is 48.5 Å². The summed E-state index contributed by atoms with van der Waals surface area (Å²) in [5.74, 6) is -1.23. The predicted molar refractivity (Wildman–Crippen MR) is 94.4 cm³/mol. The van der Waals surface area contributed by atoms with Crippen LogP contribution < -0.4 is 15.8 Å². The summed E-state index contributed by atoms with van der Waals surface area (Å²) in [4.78, 5) is 37.7. The lowest BCUT2D eigenvalue weighted by atomic mass is 10.2. The molecule has 0 spiro atoms. The molecule has 6 nitrogen and oxygen atoms in total. The number of anilines is 1. The van der Waals surface area contributed by atoms with Gasteiger partial charge in [-0.2, -0.15) is 0 Å². The van der Waals surface area contributed by atoms with E-state index in [1.165, 1.54) is 0 Å². The third-order valence-electron chi connectivity index (χ3n) is 3.70. The number of hydrazine groups is 1. The zero-order valence-electron chi connectivity index (χ0n) is 12.8.